The Morgan fingerprint density at radius 1 is 1.03 bits per heavy atom. The van der Waals surface area contributed by atoms with Gasteiger partial charge in [0.05, 0.1) is 4.90 Å². The number of aliphatic imine (C=N–C) groups is 1. The zero-order valence-electron chi connectivity index (χ0n) is 17.5. The van der Waals surface area contributed by atoms with Crippen LogP contribution in [0.4, 0.5) is 0 Å². The second-order valence-electron chi connectivity index (χ2n) is 7.81. The van der Waals surface area contributed by atoms with E-state index in [9.17, 15) is 13.2 Å². The lowest BCUT2D eigenvalue weighted by molar-refractivity contribution is -0.134. The zero-order chi connectivity index (χ0) is 22.2. The van der Waals surface area contributed by atoms with Crippen molar-refractivity contribution in [3.05, 3.63) is 64.7 Å². The third kappa shape index (κ3) is 4.33. The Balaban J connectivity index is 1.41. The van der Waals surface area contributed by atoms with Gasteiger partial charge in [-0.2, -0.15) is 0 Å². The number of rotatable bonds is 4. The van der Waals surface area contributed by atoms with Crippen molar-refractivity contribution < 1.29 is 13.2 Å². The second kappa shape index (κ2) is 8.61. The Morgan fingerprint density at radius 3 is 2.39 bits per heavy atom. The Morgan fingerprint density at radius 2 is 1.68 bits per heavy atom. The number of carbonyl (C=O) groups excluding carboxylic acids is 1. The third-order valence-electron chi connectivity index (χ3n) is 5.87. The van der Waals surface area contributed by atoms with E-state index in [2.05, 4.69) is 21.5 Å². The highest BCUT2D eigenvalue weighted by atomic mass is 35.5. The average molecular weight is 461 g/mol. The van der Waals surface area contributed by atoms with Gasteiger partial charge >= 0.3 is 0 Å². The predicted octanol–water partition coefficient (Wildman–Crippen LogP) is 2.67. The van der Waals surface area contributed by atoms with Crippen LogP contribution in [0.3, 0.4) is 0 Å². The van der Waals surface area contributed by atoms with Crippen LogP contribution < -0.4 is 4.72 Å². The molecule has 1 N–H and O–H groups in total. The molecule has 0 bridgehead atoms. The number of hydrogen-bond acceptors (Lipinski definition) is 5. The van der Waals surface area contributed by atoms with Crippen molar-refractivity contribution in [2.24, 2.45) is 4.99 Å². The van der Waals surface area contributed by atoms with Crippen molar-refractivity contribution in [2.75, 3.05) is 26.2 Å². The summed E-state index contributed by atoms with van der Waals surface area (Å²) in [4.78, 5) is 21.7. The molecular formula is C22H25ClN4O3S. The van der Waals surface area contributed by atoms with E-state index in [0.29, 0.717) is 18.7 Å². The van der Waals surface area contributed by atoms with Gasteiger partial charge in [0.15, 0.2) is 0 Å². The van der Waals surface area contributed by atoms with Crippen molar-refractivity contribution >= 4 is 33.4 Å². The first-order valence-electron chi connectivity index (χ1n) is 10.2. The van der Waals surface area contributed by atoms with Gasteiger partial charge in [0.1, 0.15) is 11.9 Å². The highest BCUT2D eigenvalue weighted by Crippen LogP contribution is 2.28. The maximum Gasteiger partial charge on any atom is 0.263 e. The van der Waals surface area contributed by atoms with Gasteiger partial charge in [-0.05, 0) is 37.6 Å². The minimum Gasteiger partial charge on any atom is -0.338 e. The number of nitrogens with one attached hydrogen (secondary N) is 1. The van der Waals surface area contributed by atoms with Crippen LogP contribution in [0.15, 0.2) is 58.4 Å². The number of nitrogens with zero attached hydrogens (tertiary/aromatic N) is 3. The molecule has 0 radical (unpaired) electrons. The summed E-state index contributed by atoms with van der Waals surface area (Å²) in [7, 11) is -3.62. The van der Waals surface area contributed by atoms with E-state index >= 15 is 0 Å². The fourth-order valence-corrected chi connectivity index (χ4v) is 5.62. The van der Waals surface area contributed by atoms with Crippen LogP contribution >= 0.6 is 11.6 Å². The molecular weight excluding hydrogens is 436 g/mol. The molecule has 9 heteroatoms. The molecule has 2 aromatic carbocycles. The molecule has 7 nitrogen and oxygen atoms in total. The molecule has 164 valence electrons. The monoisotopic (exact) mass is 460 g/mol. The summed E-state index contributed by atoms with van der Waals surface area (Å²) in [5, 5.41) is 0.747. The first kappa shape index (κ1) is 21.8. The van der Waals surface area contributed by atoms with E-state index in [0.717, 1.165) is 23.7 Å². The molecule has 0 aliphatic carbocycles. The predicted molar refractivity (Wildman–Crippen MR) is 121 cm³/mol. The van der Waals surface area contributed by atoms with E-state index in [1.807, 2.05) is 24.3 Å². The molecule has 4 rings (SSSR count). The first-order valence-corrected chi connectivity index (χ1v) is 12.1. The number of halogens is 1. The van der Waals surface area contributed by atoms with Crippen LogP contribution in [0.1, 0.15) is 31.0 Å². The summed E-state index contributed by atoms with van der Waals surface area (Å²) in [6.07, 6.45) is 0. The summed E-state index contributed by atoms with van der Waals surface area (Å²) in [5.41, 5.74) is 1.58. The molecule has 0 saturated carbocycles. The van der Waals surface area contributed by atoms with Gasteiger partial charge in [-0.15, -0.1) is 0 Å². The summed E-state index contributed by atoms with van der Waals surface area (Å²) in [6, 6.07) is 13.9. The third-order valence-corrected chi connectivity index (χ3v) is 7.61. The molecule has 1 amide bonds. The molecule has 2 atom stereocenters. The molecule has 2 aromatic rings. The number of fused-ring (bicyclic) bond motifs is 1. The Kier molecular flexibility index (Phi) is 6.05. The van der Waals surface area contributed by atoms with Crippen molar-refractivity contribution in [3.63, 3.8) is 0 Å². The van der Waals surface area contributed by atoms with Gasteiger partial charge in [0, 0.05) is 42.8 Å². The van der Waals surface area contributed by atoms with Crippen LogP contribution in [0.5, 0.6) is 0 Å². The van der Waals surface area contributed by atoms with Crippen LogP contribution in [0, 0.1) is 0 Å². The molecule has 1 saturated heterocycles. The number of amidine groups is 1. The highest BCUT2D eigenvalue weighted by Gasteiger charge is 2.32. The Hall–Kier alpha value is -2.42. The van der Waals surface area contributed by atoms with E-state index in [-0.39, 0.29) is 22.7 Å². The van der Waals surface area contributed by atoms with Crippen molar-refractivity contribution in [1.29, 1.82) is 0 Å². The number of carbonyl (C=O) groups is 1. The van der Waals surface area contributed by atoms with Crippen molar-refractivity contribution in [2.45, 2.75) is 30.8 Å². The number of piperazine rings is 1. The molecule has 1 unspecified atom stereocenters. The lowest BCUT2D eigenvalue weighted by Gasteiger charge is -2.39. The minimum atomic E-state index is -3.62. The van der Waals surface area contributed by atoms with Crippen LogP contribution in [-0.2, 0) is 14.8 Å². The topological polar surface area (TPSA) is 82.1 Å². The van der Waals surface area contributed by atoms with Crippen molar-refractivity contribution in [3.8, 4) is 0 Å². The normalized spacial score (nSPS) is 21.4. The summed E-state index contributed by atoms with van der Waals surface area (Å²) >= 11 is 6.34. The number of amides is 1. The summed E-state index contributed by atoms with van der Waals surface area (Å²) in [6.45, 7) is 6.46. The second-order valence-corrected chi connectivity index (χ2v) is 9.87. The van der Waals surface area contributed by atoms with Crippen LogP contribution in [-0.4, -0.2) is 62.2 Å². The van der Waals surface area contributed by atoms with Gasteiger partial charge in [-0.3, -0.25) is 19.4 Å². The molecule has 2 aliphatic rings. The molecule has 31 heavy (non-hydrogen) atoms. The van der Waals surface area contributed by atoms with Crippen molar-refractivity contribution in [1.82, 2.24) is 14.5 Å². The molecule has 0 aromatic heterocycles. The maximum absolute atomic E-state index is 13.0. The summed E-state index contributed by atoms with van der Waals surface area (Å²) in [5.74, 6) is 0.114. The van der Waals surface area contributed by atoms with Gasteiger partial charge in [-0.25, -0.2) is 8.42 Å². The number of sulfonamides is 1. The number of benzene rings is 2. The smallest absolute Gasteiger partial charge is 0.263 e. The van der Waals surface area contributed by atoms with Crippen LogP contribution in [0.2, 0.25) is 5.02 Å². The standard InChI is InChI=1S/C22H25ClN4O3S/c1-15(24-21-18-8-4-6-10-20(18)31(29,30)25-21)22(28)27-13-11-26(12-14-27)16(2)17-7-3-5-9-19(17)23/h3-10,15-16H,11-14H2,1-2H3,(H,24,25)/t15-,16?/m0/s1. The minimum absolute atomic E-state index is 0.110. The molecule has 2 aliphatic heterocycles. The molecule has 2 heterocycles. The SMILES string of the molecule is CC(c1ccccc1Cl)N1CCN(C(=O)[C@H](C)N=C2NS(=O)(=O)c3ccccc32)CC1. The Labute approximate surface area is 187 Å². The quantitative estimate of drug-likeness (QED) is 0.760. The fourth-order valence-electron chi connectivity index (χ4n) is 4.08. The average Bonchev–Trinajstić information content (AvgIpc) is 3.03. The molecule has 1 fully saturated rings. The highest BCUT2D eigenvalue weighted by molar-refractivity contribution is 7.90. The van der Waals surface area contributed by atoms with E-state index in [1.165, 1.54) is 6.07 Å². The van der Waals surface area contributed by atoms with Crippen LogP contribution in [0.25, 0.3) is 0 Å². The van der Waals surface area contributed by atoms with E-state index < -0.39 is 16.1 Å². The van der Waals surface area contributed by atoms with Gasteiger partial charge < -0.3 is 4.90 Å². The largest absolute Gasteiger partial charge is 0.338 e. The first-order chi connectivity index (χ1) is 14.8. The number of hydrogen-bond donors (Lipinski definition) is 1. The molecule has 0 spiro atoms. The van der Waals surface area contributed by atoms with E-state index in [1.54, 1.807) is 30.0 Å². The van der Waals surface area contributed by atoms with Gasteiger partial charge in [-0.1, -0.05) is 41.9 Å². The maximum atomic E-state index is 13.0. The zero-order valence-corrected chi connectivity index (χ0v) is 19.0. The van der Waals surface area contributed by atoms with Gasteiger partial charge in [0.2, 0.25) is 5.91 Å². The fraction of sp³-hybridized carbons (Fsp3) is 0.364. The Bertz CT molecular complexity index is 1130. The van der Waals surface area contributed by atoms with Gasteiger partial charge in [0.25, 0.3) is 10.0 Å². The van der Waals surface area contributed by atoms with E-state index in [4.69, 9.17) is 11.6 Å². The lowest BCUT2D eigenvalue weighted by atomic mass is 10.1. The lowest BCUT2D eigenvalue weighted by Crippen LogP contribution is -2.51. The summed E-state index contributed by atoms with van der Waals surface area (Å²) < 4.78 is 27.0.